The Morgan fingerprint density at radius 1 is 1.40 bits per heavy atom. The first kappa shape index (κ1) is 9.53. The molecule has 0 aliphatic carbocycles. The summed E-state index contributed by atoms with van der Waals surface area (Å²) in [5.41, 5.74) is 2.02. The van der Waals surface area contributed by atoms with Crippen molar-refractivity contribution in [2.45, 2.75) is 6.42 Å². The SMILES string of the molecule is N#CCc1ccc(NC2=NCCN2)cc1. The molecule has 0 atom stereocenters. The third-order valence-corrected chi connectivity index (χ3v) is 2.17. The van der Waals surface area contributed by atoms with Crippen LogP contribution < -0.4 is 10.6 Å². The molecule has 2 N–H and O–H groups in total. The van der Waals surface area contributed by atoms with Gasteiger partial charge in [0.2, 0.25) is 0 Å². The first-order valence-electron chi connectivity index (χ1n) is 4.90. The van der Waals surface area contributed by atoms with E-state index in [-0.39, 0.29) is 0 Å². The Bertz CT molecular complexity index is 400. The molecule has 4 nitrogen and oxygen atoms in total. The number of anilines is 1. The number of nitrogens with one attached hydrogen (secondary N) is 2. The average Bonchev–Trinajstić information content (AvgIpc) is 2.74. The summed E-state index contributed by atoms with van der Waals surface area (Å²) in [6.07, 6.45) is 0.458. The highest BCUT2D eigenvalue weighted by Crippen LogP contribution is 2.10. The van der Waals surface area contributed by atoms with Crippen molar-refractivity contribution < 1.29 is 0 Å². The molecule has 0 saturated heterocycles. The van der Waals surface area contributed by atoms with Crippen LogP contribution >= 0.6 is 0 Å². The first-order chi connectivity index (χ1) is 7.38. The van der Waals surface area contributed by atoms with E-state index in [9.17, 15) is 0 Å². The lowest BCUT2D eigenvalue weighted by Gasteiger charge is -2.06. The Kier molecular flexibility index (Phi) is 2.84. The van der Waals surface area contributed by atoms with E-state index in [4.69, 9.17) is 5.26 Å². The number of hydrogen-bond donors (Lipinski definition) is 2. The Balaban J connectivity index is 2.01. The van der Waals surface area contributed by atoms with Crippen molar-refractivity contribution in [2.75, 3.05) is 18.4 Å². The molecule has 76 valence electrons. The molecular weight excluding hydrogens is 188 g/mol. The molecule has 0 saturated carbocycles. The van der Waals surface area contributed by atoms with Gasteiger partial charge in [-0.2, -0.15) is 5.26 Å². The van der Waals surface area contributed by atoms with Crippen molar-refractivity contribution in [1.29, 1.82) is 5.26 Å². The van der Waals surface area contributed by atoms with Crippen LogP contribution in [0, 0.1) is 11.3 Å². The monoisotopic (exact) mass is 200 g/mol. The van der Waals surface area contributed by atoms with Gasteiger partial charge in [-0.1, -0.05) is 12.1 Å². The summed E-state index contributed by atoms with van der Waals surface area (Å²) in [4.78, 5) is 4.23. The lowest BCUT2D eigenvalue weighted by atomic mass is 10.1. The van der Waals surface area contributed by atoms with Crippen molar-refractivity contribution in [3.8, 4) is 6.07 Å². The number of nitrogens with zero attached hydrogens (tertiary/aromatic N) is 2. The van der Waals surface area contributed by atoms with Gasteiger partial charge in [0.25, 0.3) is 0 Å². The number of aliphatic imine (C=N–C) groups is 1. The summed E-state index contributed by atoms with van der Waals surface area (Å²) in [5, 5.41) is 14.8. The topological polar surface area (TPSA) is 60.2 Å². The second-order valence-electron chi connectivity index (χ2n) is 3.31. The number of hydrogen-bond acceptors (Lipinski definition) is 4. The zero-order valence-corrected chi connectivity index (χ0v) is 8.33. The predicted octanol–water partition coefficient (Wildman–Crippen LogP) is 1.12. The van der Waals surface area contributed by atoms with Crippen molar-refractivity contribution in [3.63, 3.8) is 0 Å². The van der Waals surface area contributed by atoms with Crippen molar-refractivity contribution in [2.24, 2.45) is 4.99 Å². The van der Waals surface area contributed by atoms with E-state index in [1.165, 1.54) is 0 Å². The number of nitriles is 1. The fourth-order valence-electron chi connectivity index (χ4n) is 1.42. The molecule has 0 bridgehead atoms. The molecule has 0 radical (unpaired) electrons. The van der Waals surface area contributed by atoms with Gasteiger partial charge in [0.15, 0.2) is 5.96 Å². The zero-order valence-electron chi connectivity index (χ0n) is 8.33. The second-order valence-corrected chi connectivity index (χ2v) is 3.31. The molecule has 1 aliphatic heterocycles. The van der Waals surface area contributed by atoms with E-state index in [1.807, 2.05) is 24.3 Å². The highest BCUT2D eigenvalue weighted by molar-refractivity contribution is 5.94. The van der Waals surface area contributed by atoms with E-state index in [0.29, 0.717) is 6.42 Å². The average molecular weight is 200 g/mol. The Labute approximate surface area is 88.6 Å². The second kappa shape index (κ2) is 4.47. The van der Waals surface area contributed by atoms with Gasteiger partial charge in [0, 0.05) is 12.2 Å². The molecule has 0 unspecified atom stereocenters. The predicted molar refractivity (Wildman–Crippen MR) is 59.7 cm³/mol. The molecule has 1 aromatic rings. The van der Waals surface area contributed by atoms with Gasteiger partial charge in [-0.25, -0.2) is 0 Å². The minimum atomic E-state index is 0.458. The van der Waals surface area contributed by atoms with Crippen LogP contribution in [0.4, 0.5) is 5.69 Å². The molecule has 0 spiro atoms. The summed E-state index contributed by atoms with van der Waals surface area (Å²) in [5.74, 6) is 0.822. The smallest absolute Gasteiger partial charge is 0.195 e. The molecule has 1 heterocycles. The number of benzene rings is 1. The highest BCUT2D eigenvalue weighted by Gasteiger charge is 2.04. The summed E-state index contributed by atoms with van der Waals surface area (Å²) < 4.78 is 0. The quantitative estimate of drug-likeness (QED) is 0.752. The van der Waals surface area contributed by atoms with Gasteiger partial charge in [0.05, 0.1) is 19.0 Å². The third-order valence-electron chi connectivity index (χ3n) is 2.17. The van der Waals surface area contributed by atoms with Crippen molar-refractivity contribution in [1.82, 2.24) is 5.32 Å². The van der Waals surface area contributed by atoms with Gasteiger partial charge in [-0.05, 0) is 17.7 Å². The Hall–Kier alpha value is -2.02. The van der Waals surface area contributed by atoms with Gasteiger partial charge >= 0.3 is 0 Å². The van der Waals surface area contributed by atoms with Crippen molar-refractivity contribution in [3.05, 3.63) is 29.8 Å². The standard InChI is InChI=1S/C11H12N4/c12-6-5-9-1-3-10(4-2-9)15-11-13-7-8-14-11/h1-4H,5,7-8H2,(H2,13,14,15). The van der Waals surface area contributed by atoms with E-state index in [1.54, 1.807) is 0 Å². The highest BCUT2D eigenvalue weighted by atomic mass is 15.2. The Morgan fingerprint density at radius 3 is 2.80 bits per heavy atom. The van der Waals surface area contributed by atoms with Crippen LogP contribution in [0.2, 0.25) is 0 Å². The van der Waals surface area contributed by atoms with E-state index in [2.05, 4.69) is 21.7 Å². The molecular formula is C11H12N4. The summed E-state index contributed by atoms with van der Waals surface area (Å²) in [6, 6.07) is 9.92. The van der Waals surface area contributed by atoms with Crippen LogP contribution in [0.25, 0.3) is 0 Å². The first-order valence-corrected chi connectivity index (χ1v) is 4.90. The van der Waals surface area contributed by atoms with Crippen LogP contribution in [0.5, 0.6) is 0 Å². The van der Waals surface area contributed by atoms with Crippen molar-refractivity contribution >= 4 is 11.6 Å². The minimum Gasteiger partial charge on any atom is -0.354 e. The van der Waals surface area contributed by atoms with Crippen LogP contribution in [0.3, 0.4) is 0 Å². The van der Waals surface area contributed by atoms with Crippen LogP contribution in [-0.4, -0.2) is 19.0 Å². The molecule has 0 amide bonds. The van der Waals surface area contributed by atoms with E-state index < -0.39 is 0 Å². The number of rotatable bonds is 2. The summed E-state index contributed by atoms with van der Waals surface area (Å²) >= 11 is 0. The largest absolute Gasteiger partial charge is 0.354 e. The maximum Gasteiger partial charge on any atom is 0.195 e. The Morgan fingerprint density at radius 2 is 2.20 bits per heavy atom. The van der Waals surface area contributed by atoms with Crippen LogP contribution in [-0.2, 0) is 6.42 Å². The van der Waals surface area contributed by atoms with E-state index >= 15 is 0 Å². The zero-order chi connectivity index (χ0) is 10.5. The minimum absolute atomic E-state index is 0.458. The molecule has 4 heteroatoms. The molecule has 0 fully saturated rings. The maximum atomic E-state index is 8.52. The summed E-state index contributed by atoms with van der Waals surface area (Å²) in [7, 11) is 0. The van der Waals surface area contributed by atoms with Gasteiger partial charge in [-0.3, -0.25) is 4.99 Å². The van der Waals surface area contributed by atoms with Crippen LogP contribution in [0.15, 0.2) is 29.3 Å². The van der Waals surface area contributed by atoms with Gasteiger partial charge in [-0.15, -0.1) is 0 Å². The molecule has 1 aliphatic rings. The van der Waals surface area contributed by atoms with E-state index in [0.717, 1.165) is 30.3 Å². The summed E-state index contributed by atoms with van der Waals surface area (Å²) in [6.45, 7) is 1.73. The lowest BCUT2D eigenvalue weighted by Crippen LogP contribution is -2.26. The molecule has 15 heavy (non-hydrogen) atoms. The number of guanidine groups is 1. The normalized spacial score (nSPS) is 13.9. The van der Waals surface area contributed by atoms with Gasteiger partial charge in [0.1, 0.15) is 0 Å². The van der Waals surface area contributed by atoms with Gasteiger partial charge < -0.3 is 10.6 Å². The fourth-order valence-corrected chi connectivity index (χ4v) is 1.42. The molecule has 1 aromatic carbocycles. The lowest BCUT2D eigenvalue weighted by molar-refractivity contribution is 0.959. The molecule has 2 rings (SSSR count). The third kappa shape index (κ3) is 2.47. The molecule has 0 aromatic heterocycles. The fraction of sp³-hybridized carbons (Fsp3) is 0.273. The maximum absolute atomic E-state index is 8.52. The van der Waals surface area contributed by atoms with Crippen LogP contribution in [0.1, 0.15) is 5.56 Å².